The highest BCUT2D eigenvalue weighted by molar-refractivity contribution is 5.81. The molecule has 0 amide bonds. The zero-order valence-corrected chi connectivity index (χ0v) is 10.9. The van der Waals surface area contributed by atoms with Crippen LogP contribution in [0.3, 0.4) is 0 Å². The van der Waals surface area contributed by atoms with Crippen LogP contribution < -0.4 is 0 Å². The lowest BCUT2D eigenvalue weighted by atomic mass is 9.86. The Balaban J connectivity index is 2.08. The van der Waals surface area contributed by atoms with Gasteiger partial charge in [-0.2, -0.15) is 0 Å². The van der Waals surface area contributed by atoms with E-state index in [9.17, 15) is 0 Å². The molecule has 2 aromatic rings. The number of benzene rings is 1. The summed E-state index contributed by atoms with van der Waals surface area (Å²) in [6.45, 7) is 0. The highest BCUT2D eigenvalue weighted by Crippen LogP contribution is 2.32. The second-order valence-electron chi connectivity index (χ2n) is 6.06. The molecule has 0 saturated heterocycles. The van der Waals surface area contributed by atoms with E-state index >= 15 is 0 Å². The third-order valence-corrected chi connectivity index (χ3v) is 4.10. The van der Waals surface area contributed by atoms with Gasteiger partial charge in [-0.15, -0.1) is 0 Å². The van der Waals surface area contributed by atoms with Crippen LogP contribution in [0.5, 0.6) is 0 Å². The Morgan fingerprint density at radius 2 is 2.00 bits per heavy atom. The van der Waals surface area contributed by atoms with Crippen molar-refractivity contribution in [1.29, 1.82) is 0 Å². The van der Waals surface area contributed by atoms with Gasteiger partial charge in [-0.25, -0.2) is 0 Å². The van der Waals surface area contributed by atoms with Gasteiger partial charge in [0, 0.05) is 23.8 Å². The van der Waals surface area contributed by atoms with Crippen molar-refractivity contribution in [3.8, 4) is 0 Å². The van der Waals surface area contributed by atoms with Crippen LogP contribution in [0.4, 0.5) is 0 Å². The van der Waals surface area contributed by atoms with Crippen LogP contribution in [0.15, 0.2) is 28.9 Å². The van der Waals surface area contributed by atoms with Gasteiger partial charge in [0.2, 0.25) is 0 Å². The summed E-state index contributed by atoms with van der Waals surface area (Å²) in [6.07, 6.45) is 5.42. The number of quaternary nitrogens is 1. The summed E-state index contributed by atoms with van der Waals surface area (Å²) in [5.74, 6) is 0. The van der Waals surface area contributed by atoms with E-state index in [-0.39, 0.29) is 0 Å². The first-order valence-corrected chi connectivity index (χ1v) is 6.35. The Labute approximate surface area is 102 Å². The van der Waals surface area contributed by atoms with Crippen molar-refractivity contribution in [3.05, 3.63) is 35.6 Å². The number of hydrogen-bond donors (Lipinski definition) is 0. The summed E-state index contributed by atoms with van der Waals surface area (Å²) >= 11 is 0. The third kappa shape index (κ3) is 1.77. The minimum atomic E-state index is 0.707. The molecular formula is C15H20NO+. The van der Waals surface area contributed by atoms with E-state index in [2.05, 4.69) is 39.3 Å². The molecule has 0 fully saturated rings. The number of hydrogen-bond acceptors (Lipinski definition) is 1. The predicted molar refractivity (Wildman–Crippen MR) is 70.1 cm³/mol. The summed E-state index contributed by atoms with van der Waals surface area (Å²) in [7, 11) is 6.87. The topological polar surface area (TPSA) is 13.1 Å². The molecule has 3 rings (SSSR count). The number of nitrogens with zero attached hydrogens (tertiary/aromatic N) is 1. The molecule has 1 aromatic carbocycles. The molecule has 1 heterocycles. The van der Waals surface area contributed by atoms with Crippen LogP contribution >= 0.6 is 0 Å². The molecule has 1 aliphatic carbocycles. The summed E-state index contributed by atoms with van der Waals surface area (Å²) in [6, 6.07) is 7.23. The monoisotopic (exact) mass is 230 g/mol. The average Bonchev–Trinajstić information content (AvgIpc) is 2.75. The van der Waals surface area contributed by atoms with E-state index in [1.165, 1.54) is 29.4 Å². The maximum Gasteiger partial charge on any atom is 0.137 e. The van der Waals surface area contributed by atoms with Gasteiger partial charge in [-0.05, 0) is 18.1 Å². The second kappa shape index (κ2) is 3.61. The molecule has 90 valence electrons. The quantitative estimate of drug-likeness (QED) is 0.686. The molecule has 2 nitrogen and oxygen atoms in total. The summed E-state index contributed by atoms with van der Waals surface area (Å²) in [5, 5.41) is 1.24. The molecule has 1 aromatic heterocycles. The largest absolute Gasteiger partial charge is 0.464 e. The number of fused-ring (bicyclic) bond motifs is 3. The number of likely N-dealkylation sites (N-methyl/N-ethyl adjacent to an activating group) is 1. The maximum atomic E-state index is 5.67. The minimum absolute atomic E-state index is 0.707. The van der Waals surface area contributed by atoms with Crippen LogP contribution in [0.25, 0.3) is 11.0 Å². The second-order valence-corrected chi connectivity index (χ2v) is 6.06. The Morgan fingerprint density at radius 1 is 1.18 bits per heavy atom. The van der Waals surface area contributed by atoms with Crippen molar-refractivity contribution in [2.24, 2.45) is 0 Å². The lowest BCUT2D eigenvalue weighted by Gasteiger charge is -2.37. The van der Waals surface area contributed by atoms with Crippen molar-refractivity contribution >= 4 is 11.0 Å². The van der Waals surface area contributed by atoms with Crippen LogP contribution in [0.1, 0.15) is 17.5 Å². The molecule has 0 spiro atoms. The Hall–Kier alpha value is -1.28. The van der Waals surface area contributed by atoms with Crippen LogP contribution in [0.2, 0.25) is 0 Å². The average molecular weight is 230 g/mol. The van der Waals surface area contributed by atoms with Gasteiger partial charge in [0.25, 0.3) is 0 Å². The maximum absolute atomic E-state index is 5.67. The van der Waals surface area contributed by atoms with Gasteiger partial charge in [0.15, 0.2) is 0 Å². The van der Waals surface area contributed by atoms with Crippen LogP contribution in [0, 0.1) is 0 Å². The third-order valence-electron chi connectivity index (χ3n) is 4.10. The van der Waals surface area contributed by atoms with Gasteiger partial charge < -0.3 is 8.90 Å². The van der Waals surface area contributed by atoms with Crippen molar-refractivity contribution in [1.82, 2.24) is 0 Å². The minimum Gasteiger partial charge on any atom is -0.464 e. The zero-order valence-electron chi connectivity index (χ0n) is 10.9. The molecular weight excluding hydrogens is 210 g/mol. The molecule has 0 radical (unpaired) electrons. The van der Waals surface area contributed by atoms with Gasteiger partial charge in [0.05, 0.1) is 33.4 Å². The van der Waals surface area contributed by atoms with Crippen molar-refractivity contribution in [2.75, 3.05) is 21.1 Å². The summed E-state index contributed by atoms with van der Waals surface area (Å²) < 4.78 is 6.71. The lowest BCUT2D eigenvalue weighted by molar-refractivity contribution is -0.896. The fourth-order valence-corrected chi connectivity index (χ4v) is 2.91. The normalized spacial score (nSPS) is 20.5. The highest BCUT2D eigenvalue weighted by atomic mass is 16.3. The molecule has 1 atom stereocenters. The first-order chi connectivity index (χ1) is 8.05. The Bertz CT molecular complexity index is 548. The first kappa shape index (κ1) is 10.8. The van der Waals surface area contributed by atoms with E-state index in [4.69, 9.17) is 4.42 Å². The van der Waals surface area contributed by atoms with Crippen molar-refractivity contribution in [2.45, 2.75) is 25.3 Å². The number of furan rings is 1. The SMILES string of the molecule is C[N+](C)(C)C1CCc2ccc3ccoc3c2C1. The standard InChI is InChI=1S/C15H20NO/c1-16(2,3)13-7-6-11-4-5-12-8-9-17-15(12)14(11)10-13/h4-5,8-9,13H,6-7,10H2,1-3H3/q+1. The molecule has 1 aliphatic rings. The van der Waals surface area contributed by atoms with Gasteiger partial charge in [-0.3, -0.25) is 0 Å². The molecule has 0 bridgehead atoms. The Morgan fingerprint density at radius 3 is 2.76 bits per heavy atom. The Kier molecular flexibility index (Phi) is 2.30. The lowest BCUT2D eigenvalue weighted by Crippen LogP contribution is -2.47. The molecule has 0 aliphatic heterocycles. The van der Waals surface area contributed by atoms with E-state index < -0.39 is 0 Å². The van der Waals surface area contributed by atoms with Gasteiger partial charge in [-0.1, -0.05) is 12.1 Å². The van der Waals surface area contributed by atoms with Crippen molar-refractivity contribution in [3.63, 3.8) is 0 Å². The molecule has 17 heavy (non-hydrogen) atoms. The van der Waals surface area contributed by atoms with Crippen LogP contribution in [-0.4, -0.2) is 31.7 Å². The molecule has 0 N–H and O–H groups in total. The predicted octanol–water partition coefficient (Wildman–Crippen LogP) is 3.00. The zero-order chi connectivity index (χ0) is 12.0. The van der Waals surface area contributed by atoms with Gasteiger partial charge >= 0.3 is 0 Å². The van der Waals surface area contributed by atoms with E-state index in [0.29, 0.717) is 6.04 Å². The smallest absolute Gasteiger partial charge is 0.137 e. The van der Waals surface area contributed by atoms with Crippen LogP contribution in [-0.2, 0) is 12.8 Å². The van der Waals surface area contributed by atoms with Gasteiger partial charge in [0.1, 0.15) is 5.58 Å². The number of rotatable bonds is 1. The fourth-order valence-electron chi connectivity index (χ4n) is 2.91. The van der Waals surface area contributed by atoms with Crippen molar-refractivity contribution < 1.29 is 8.90 Å². The van der Waals surface area contributed by atoms with E-state index in [1.807, 2.05) is 0 Å². The van der Waals surface area contributed by atoms with E-state index in [1.54, 1.807) is 6.26 Å². The molecule has 1 unspecified atom stereocenters. The first-order valence-electron chi connectivity index (χ1n) is 6.35. The van der Waals surface area contributed by atoms with E-state index in [0.717, 1.165) is 16.5 Å². The molecule has 2 heteroatoms. The summed E-state index contributed by atoms with van der Waals surface area (Å²) in [5.41, 5.74) is 4.04. The fraction of sp³-hybridized carbons (Fsp3) is 0.467. The highest BCUT2D eigenvalue weighted by Gasteiger charge is 2.30. The molecule has 0 saturated carbocycles. The number of aryl methyl sites for hydroxylation is 1. The summed E-state index contributed by atoms with van der Waals surface area (Å²) in [4.78, 5) is 0.